The zero-order chi connectivity index (χ0) is 6.57. The summed E-state index contributed by atoms with van der Waals surface area (Å²) in [6, 6.07) is 0. The van der Waals surface area contributed by atoms with Gasteiger partial charge in [0.25, 0.3) is 0 Å². The van der Waals surface area contributed by atoms with Crippen molar-refractivity contribution in [1.29, 1.82) is 0 Å². The van der Waals surface area contributed by atoms with Crippen molar-refractivity contribution in [3.05, 3.63) is 0 Å². The molecular formula is C4H10Na4O4. The summed E-state index contributed by atoms with van der Waals surface area (Å²) in [7, 11) is 0. The van der Waals surface area contributed by atoms with Crippen molar-refractivity contribution in [3.63, 3.8) is 0 Å². The van der Waals surface area contributed by atoms with Crippen LogP contribution in [-0.4, -0.2) is 22.2 Å². The van der Waals surface area contributed by atoms with Crippen molar-refractivity contribution in [2.75, 3.05) is 0 Å². The summed E-state index contributed by atoms with van der Waals surface area (Å²) >= 11 is 0. The molecule has 0 fully saturated rings. The molecule has 0 rings (SSSR count). The maximum absolute atomic E-state index is 9.64. The van der Waals surface area contributed by atoms with Crippen LogP contribution in [0.3, 0.4) is 0 Å². The number of carbonyl (C=O) groups is 2. The van der Waals surface area contributed by atoms with Gasteiger partial charge in [-0.05, 0) is 0 Å². The van der Waals surface area contributed by atoms with E-state index in [9.17, 15) is 9.59 Å². The van der Waals surface area contributed by atoms with Gasteiger partial charge >= 0.3 is 130 Å². The fourth-order valence-electron chi connectivity index (χ4n) is 0.214. The zero-order valence-corrected chi connectivity index (χ0v) is 16.1. The van der Waals surface area contributed by atoms with Crippen molar-refractivity contribution in [3.8, 4) is 0 Å². The molecule has 0 radical (unpaired) electrons. The molecule has 8 heteroatoms. The average Bonchev–Trinajstić information content (AvgIpc) is 1.61. The molecule has 0 amide bonds. The fraction of sp³-hybridized carbons (Fsp3) is 0.500. The monoisotopic (exact) mass is 214 g/mol. The Bertz CT molecular complexity index is 117. The Morgan fingerprint density at radius 1 is 0.833 bits per heavy atom. The minimum absolute atomic E-state index is 0. The summed E-state index contributed by atoms with van der Waals surface area (Å²) < 4.78 is 0. The van der Waals surface area contributed by atoms with Gasteiger partial charge in [-0.15, -0.1) is 0 Å². The molecule has 0 aromatic carbocycles. The predicted octanol–water partition coefficient (Wildman–Crippen LogP) is -11.6. The third-order valence-electron chi connectivity index (χ3n) is 0.553. The molecule has 0 atom stereocenters. The standard InChI is InChI=1S/C4H6O4.4Na.4H/c5-3(6)1-2-4(7)8;;;;;;;;/h1-2H2,(H,5,6)(H,7,8);;;;;;;;/q;4*+1;4*-1. The number of hydrogen-bond donors (Lipinski definition) is 2. The molecule has 12 heavy (non-hydrogen) atoms. The number of aliphatic carboxylic acids is 2. The van der Waals surface area contributed by atoms with E-state index in [2.05, 4.69) is 0 Å². The van der Waals surface area contributed by atoms with Gasteiger partial charge in [0.2, 0.25) is 0 Å². The first-order chi connectivity index (χ1) is 3.63. The van der Waals surface area contributed by atoms with Gasteiger partial charge in [-0.3, -0.25) is 9.59 Å². The van der Waals surface area contributed by atoms with Gasteiger partial charge in [0.05, 0.1) is 12.8 Å². The Labute approximate surface area is 165 Å². The van der Waals surface area contributed by atoms with E-state index in [1.54, 1.807) is 0 Å². The number of carboxylic acid groups (broad SMARTS) is 2. The van der Waals surface area contributed by atoms with Crippen LogP contribution in [0.25, 0.3) is 0 Å². The van der Waals surface area contributed by atoms with Crippen molar-refractivity contribution in [1.82, 2.24) is 0 Å². The Balaban J connectivity index is -0.00000000875. The molecule has 2 N–H and O–H groups in total. The minimum Gasteiger partial charge on any atom is -1.00 e. The van der Waals surface area contributed by atoms with Crippen molar-refractivity contribution < 1.29 is 144 Å². The second-order valence-corrected chi connectivity index (χ2v) is 1.29. The number of hydrogen-bond acceptors (Lipinski definition) is 2. The topological polar surface area (TPSA) is 74.6 Å². The van der Waals surface area contributed by atoms with Gasteiger partial charge in [0.15, 0.2) is 0 Å². The first-order valence-corrected chi connectivity index (χ1v) is 2.06. The van der Waals surface area contributed by atoms with Crippen LogP contribution >= 0.6 is 0 Å². The third-order valence-corrected chi connectivity index (χ3v) is 0.553. The largest absolute Gasteiger partial charge is 1.00 e. The summed E-state index contributed by atoms with van der Waals surface area (Å²) in [6.45, 7) is 0. The van der Waals surface area contributed by atoms with Crippen LogP contribution in [0.15, 0.2) is 0 Å². The summed E-state index contributed by atoms with van der Waals surface area (Å²) in [5, 5.41) is 15.8. The summed E-state index contributed by atoms with van der Waals surface area (Å²) in [5.74, 6) is -2.15. The SMILES string of the molecule is O=C(O)CCC(=O)O.[H-].[H-].[H-].[H-].[Na+].[Na+].[Na+].[Na+]. The molecule has 4 nitrogen and oxygen atoms in total. The van der Waals surface area contributed by atoms with Crippen LogP contribution in [0.4, 0.5) is 0 Å². The van der Waals surface area contributed by atoms with Gasteiger partial charge in [0, 0.05) is 0 Å². The molecule has 0 aromatic heterocycles. The molecule has 0 heterocycles. The van der Waals surface area contributed by atoms with E-state index in [4.69, 9.17) is 10.2 Å². The maximum atomic E-state index is 9.64. The van der Waals surface area contributed by atoms with Crippen LogP contribution in [-0.2, 0) is 9.59 Å². The predicted molar refractivity (Wildman–Crippen MR) is 29.0 cm³/mol. The van der Waals surface area contributed by atoms with Gasteiger partial charge < -0.3 is 15.9 Å². The quantitative estimate of drug-likeness (QED) is 0.457. The van der Waals surface area contributed by atoms with Gasteiger partial charge in [0.1, 0.15) is 0 Å². The second kappa shape index (κ2) is 19.5. The number of rotatable bonds is 3. The Kier molecular flexibility index (Phi) is 47.8. The zero-order valence-electron chi connectivity index (χ0n) is 12.1. The van der Waals surface area contributed by atoms with Crippen LogP contribution in [0.1, 0.15) is 18.5 Å². The molecule has 0 bridgehead atoms. The molecule has 0 saturated heterocycles. The Morgan fingerprint density at radius 3 is 1.08 bits per heavy atom. The Hall–Kier alpha value is 2.94. The van der Waals surface area contributed by atoms with E-state index in [0.29, 0.717) is 0 Å². The molecule has 0 aliphatic heterocycles. The Morgan fingerprint density at radius 2 is 1.00 bits per heavy atom. The second-order valence-electron chi connectivity index (χ2n) is 1.29. The van der Waals surface area contributed by atoms with Crippen LogP contribution < -0.4 is 118 Å². The van der Waals surface area contributed by atoms with E-state index < -0.39 is 11.9 Å². The van der Waals surface area contributed by atoms with E-state index in [-0.39, 0.29) is 137 Å². The van der Waals surface area contributed by atoms with Crippen LogP contribution in [0, 0.1) is 0 Å². The van der Waals surface area contributed by atoms with E-state index in [1.807, 2.05) is 0 Å². The van der Waals surface area contributed by atoms with E-state index in [0.717, 1.165) is 0 Å². The van der Waals surface area contributed by atoms with E-state index in [1.165, 1.54) is 0 Å². The third kappa shape index (κ3) is 29.3. The summed E-state index contributed by atoms with van der Waals surface area (Å²) in [4.78, 5) is 19.3. The smallest absolute Gasteiger partial charge is 1.00 e. The normalized spacial score (nSPS) is 5.67. The van der Waals surface area contributed by atoms with Gasteiger partial charge in [-0.1, -0.05) is 0 Å². The van der Waals surface area contributed by atoms with Gasteiger partial charge in [-0.25, -0.2) is 0 Å². The molecule has 0 aliphatic carbocycles. The van der Waals surface area contributed by atoms with Gasteiger partial charge in [-0.2, -0.15) is 0 Å². The van der Waals surface area contributed by atoms with Crippen LogP contribution in [0.5, 0.6) is 0 Å². The number of carboxylic acids is 2. The fourth-order valence-corrected chi connectivity index (χ4v) is 0.214. The first-order valence-electron chi connectivity index (χ1n) is 2.06. The molecule has 0 spiro atoms. The van der Waals surface area contributed by atoms with Crippen molar-refractivity contribution in [2.24, 2.45) is 0 Å². The molecule has 54 valence electrons. The average molecular weight is 214 g/mol. The summed E-state index contributed by atoms with van der Waals surface area (Å²) in [6.07, 6.45) is -0.593. The first kappa shape index (κ1) is 29.4. The molecule has 0 saturated carbocycles. The molecular weight excluding hydrogens is 204 g/mol. The minimum atomic E-state index is -1.08. The summed E-state index contributed by atoms with van der Waals surface area (Å²) in [5.41, 5.74) is 0. The molecule has 0 aromatic rings. The molecule has 0 unspecified atom stereocenters. The van der Waals surface area contributed by atoms with Crippen LogP contribution in [0.2, 0.25) is 0 Å². The van der Waals surface area contributed by atoms with Crippen molar-refractivity contribution >= 4 is 11.9 Å². The van der Waals surface area contributed by atoms with E-state index >= 15 is 0 Å². The maximum Gasteiger partial charge on any atom is 1.00 e. The molecule has 0 aliphatic rings. The van der Waals surface area contributed by atoms with Crippen molar-refractivity contribution in [2.45, 2.75) is 12.8 Å².